The molecule has 0 bridgehead atoms. The zero-order chi connectivity index (χ0) is 20.7. The number of carbonyl (C=O) groups is 1. The zero-order valence-corrected chi connectivity index (χ0v) is 16.5. The van der Waals surface area contributed by atoms with Crippen molar-refractivity contribution in [3.8, 4) is 5.75 Å². The normalized spacial score (nSPS) is 13.2. The molecule has 0 saturated carbocycles. The van der Waals surface area contributed by atoms with Crippen molar-refractivity contribution < 1.29 is 23.1 Å². The zero-order valence-electron chi connectivity index (χ0n) is 15.8. The second-order valence-electron chi connectivity index (χ2n) is 6.71. The number of benzene rings is 2. The number of rotatable bonds is 3. The number of halogens is 2. The van der Waals surface area contributed by atoms with E-state index in [-0.39, 0.29) is 31.1 Å². The number of anilines is 1. The first-order valence-electron chi connectivity index (χ1n) is 8.87. The number of hydrogen-bond donors (Lipinski definition) is 0. The van der Waals surface area contributed by atoms with Crippen LogP contribution >= 0.6 is 11.6 Å². The lowest BCUT2D eigenvalue weighted by Gasteiger charge is -2.31. The van der Waals surface area contributed by atoms with Crippen LogP contribution in [0.15, 0.2) is 39.5 Å². The fraction of sp³-hybridized carbons (Fsp3) is 0.238. The van der Waals surface area contributed by atoms with Crippen molar-refractivity contribution in [3.05, 3.63) is 68.3 Å². The van der Waals surface area contributed by atoms with E-state index in [1.54, 1.807) is 36.1 Å². The number of nitrogens with zero attached hydrogens (tertiary/aromatic N) is 1. The number of aryl methyl sites for hydroxylation is 1. The lowest BCUT2D eigenvalue weighted by Crippen LogP contribution is -2.33. The first kappa shape index (κ1) is 19.3. The Hall–Kier alpha value is -3.06. The highest BCUT2D eigenvalue weighted by Crippen LogP contribution is 2.40. The summed E-state index contributed by atoms with van der Waals surface area (Å²) in [5.41, 5.74) is 1.38. The van der Waals surface area contributed by atoms with Gasteiger partial charge in [-0.1, -0.05) is 23.7 Å². The highest BCUT2D eigenvalue weighted by Gasteiger charge is 2.27. The molecule has 8 heteroatoms. The smallest absolute Gasteiger partial charge is 0.340 e. The van der Waals surface area contributed by atoms with E-state index >= 15 is 0 Å². The molecule has 150 valence electrons. The fourth-order valence-electron chi connectivity index (χ4n) is 3.50. The number of methoxy groups -OCH3 is 1. The van der Waals surface area contributed by atoms with Crippen molar-refractivity contribution in [2.24, 2.45) is 0 Å². The van der Waals surface area contributed by atoms with Gasteiger partial charge in [0, 0.05) is 5.39 Å². The lowest BCUT2D eigenvalue weighted by molar-refractivity contribution is -0.139. The molecule has 2 aromatic carbocycles. The van der Waals surface area contributed by atoms with Crippen LogP contribution in [0.1, 0.15) is 16.7 Å². The molecule has 0 aliphatic carbocycles. The molecule has 0 unspecified atom stereocenters. The van der Waals surface area contributed by atoms with Gasteiger partial charge in [0.1, 0.15) is 17.1 Å². The molecule has 4 rings (SSSR count). The summed E-state index contributed by atoms with van der Waals surface area (Å²) < 4.78 is 30.2. The lowest BCUT2D eigenvalue weighted by atomic mass is 10.00. The molecule has 0 saturated heterocycles. The van der Waals surface area contributed by atoms with Crippen LogP contribution in [0.25, 0.3) is 11.0 Å². The average molecular weight is 418 g/mol. The van der Waals surface area contributed by atoms with Crippen LogP contribution < -0.4 is 15.3 Å². The van der Waals surface area contributed by atoms with Gasteiger partial charge in [-0.15, -0.1) is 0 Å². The van der Waals surface area contributed by atoms with Crippen molar-refractivity contribution in [1.82, 2.24) is 0 Å². The standard InChI is InChI=1S/C21H17ClFNO5/c1-11-12-7-15(22)20-14(19(12)29-21(26)13(11)8-18(25)27-2)9-24(10-28-20)17-6-4-3-5-16(17)23/h3-7H,8-10H2,1-2H3. The highest BCUT2D eigenvalue weighted by atomic mass is 35.5. The van der Waals surface area contributed by atoms with Crippen molar-refractivity contribution in [2.45, 2.75) is 19.9 Å². The number of carbonyl (C=O) groups excluding carboxylic acids is 1. The van der Waals surface area contributed by atoms with E-state index in [4.69, 9.17) is 20.8 Å². The molecule has 1 aliphatic rings. The molecule has 6 nitrogen and oxygen atoms in total. The van der Waals surface area contributed by atoms with E-state index in [2.05, 4.69) is 4.74 Å². The molecule has 0 atom stereocenters. The number of ether oxygens (including phenoxy) is 2. The van der Waals surface area contributed by atoms with Crippen molar-refractivity contribution in [3.63, 3.8) is 0 Å². The SMILES string of the molecule is COC(=O)Cc1c(C)c2cc(Cl)c3c(c2oc1=O)CN(c1ccccc1F)CO3. The van der Waals surface area contributed by atoms with Gasteiger partial charge in [-0.25, -0.2) is 9.18 Å². The van der Waals surface area contributed by atoms with Crippen LogP contribution in [-0.2, 0) is 22.5 Å². The summed E-state index contributed by atoms with van der Waals surface area (Å²) in [6.07, 6.45) is -0.201. The van der Waals surface area contributed by atoms with E-state index in [0.29, 0.717) is 38.6 Å². The first-order chi connectivity index (χ1) is 13.9. The second kappa shape index (κ2) is 7.40. The van der Waals surface area contributed by atoms with Gasteiger partial charge in [0.15, 0.2) is 6.73 Å². The van der Waals surface area contributed by atoms with Gasteiger partial charge in [-0.2, -0.15) is 0 Å². The second-order valence-corrected chi connectivity index (χ2v) is 7.12. The quantitative estimate of drug-likeness (QED) is 0.474. The third-order valence-corrected chi connectivity index (χ3v) is 5.31. The first-order valence-corrected chi connectivity index (χ1v) is 9.25. The largest absolute Gasteiger partial charge is 0.471 e. The summed E-state index contributed by atoms with van der Waals surface area (Å²) in [5.74, 6) is -0.531. The van der Waals surface area contributed by atoms with Gasteiger partial charge in [-0.05, 0) is 30.7 Å². The van der Waals surface area contributed by atoms with Crippen LogP contribution in [0.4, 0.5) is 10.1 Å². The fourth-order valence-corrected chi connectivity index (χ4v) is 3.77. The minimum Gasteiger partial charge on any atom is -0.471 e. The summed E-state index contributed by atoms with van der Waals surface area (Å²) in [6.45, 7) is 2.06. The summed E-state index contributed by atoms with van der Waals surface area (Å²) in [6, 6.07) is 7.99. The maximum Gasteiger partial charge on any atom is 0.340 e. The minimum absolute atomic E-state index is 0.1000. The molecule has 0 fully saturated rings. The van der Waals surface area contributed by atoms with Crippen LogP contribution in [0.2, 0.25) is 5.02 Å². The van der Waals surface area contributed by atoms with Gasteiger partial charge in [0.25, 0.3) is 0 Å². The number of para-hydroxylation sites is 1. The van der Waals surface area contributed by atoms with E-state index in [1.165, 1.54) is 13.2 Å². The number of fused-ring (bicyclic) bond motifs is 3. The maximum absolute atomic E-state index is 14.2. The molecule has 0 N–H and O–H groups in total. The predicted octanol–water partition coefficient (Wildman–Crippen LogP) is 3.97. The Morgan fingerprint density at radius 3 is 2.83 bits per heavy atom. The molecule has 0 spiro atoms. The van der Waals surface area contributed by atoms with Crippen molar-refractivity contribution in [2.75, 3.05) is 18.7 Å². The Labute approximate surface area is 170 Å². The van der Waals surface area contributed by atoms with E-state index in [0.717, 1.165) is 0 Å². The molecule has 1 aromatic heterocycles. The van der Waals surface area contributed by atoms with Crippen LogP contribution in [-0.4, -0.2) is 19.8 Å². The van der Waals surface area contributed by atoms with E-state index in [9.17, 15) is 14.0 Å². The monoisotopic (exact) mass is 417 g/mol. The minimum atomic E-state index is -0.632. The Morgan fingerprint density at radius 1 is 1.34 bits per heavy atom. The van der Waals surface area contributed by atoms with Crippen molar-refractivity contribution >= 4 is 34.2 Å². The molecular weight excluding hydrogens is 401 g/mol. The molecule has 0 radical (unpaired) electrons. The van der Waals surface area contributed by atoms with Crippen LogP contribution in [0, 0.1) is 12.7 Å². The van der Waals surface area contributed by atoms with E-state index in [1.807, 2.05) is 0 Å². The Balaban J connectivity index is 1.87. The Morgan fingerprint density at radius 2 is 2.10 bits per heavy atom. The number of esters is 1. The topological polar surface area (TPSA) is 69.0 Å². The van der Waals surface area contributed by atoms with Crippen LogP contribution in [0.3, 0.4) is 0 Å². The molecule has 0 amide bonds. The van der Waals surface area contributed by atoms with Crippen LogP contribution in [0.5, 0.6) is 5.75 Å². The van der Waals surface area contributed by atoms with Crippen molar-refractivity contribution in [1.29, 1.82) is 0 Å². The summed E-state index contributed by atoms with van der Waals surface area (Å²) in [5, 5.41) is 0.938. The third-order valence-electron chi connectivity index (χ3n) is 5.03. The summed E-state index contributed by atoms with van der Waals surface area (Å²) >= 11 is 6.41. The molecule has 2 heterocycles. The maximum atomic E-state index is 14.2. The van der Waals surface area contributed by atoms with Gasteiger partial charge < -0.3 is 18.8 Å². The number of hydrogen-bond acceptors (Lipinski definition) is 6. The Bertz CT molecular complexity index is 1190. The van der Waals surface area contributed by atoms with Gasteiger partial charge >= 0.3 is 11.6 Å². The third kappa shape index (κ3) is 3.31. The predicted molar refractivity (Wildman–Crippen MR) is 106 cm³/mol. The summed E-state index contributed by atoms with van der Waals surface area (Å²) in [4.78, 5) is 25.9. The van der Waals surface area contributed by atoms with Gasteiger partial charge in [-0.3, -0.25) is 4.79 Å². The van der Waals surface area contributed by atoms with E-state index < -0.39 is 11.6 Å². The summed E-state index contributed by atoms with van der Waals surface area (Å²) in [7, 11) is 1.25. The molecule has 3 aromatic rings. The highest BCUT2D eigenvalue weighted by molar-refractivity contribution is 6.33. The van der Waals surface area contributed by atoms with Gasteiger partial charge in [0.2, 0.25) is 0 Å². The molecule has 29 heavy (non-hydrogen) atoms. The Kier molecular flexibility index (Phi) is 4.92. The van der Waals surface area contributed by atoms with Gasteiger partial charge in [0.05, 0.1) is 41.9 Å². The molecular formula is C21H17ClFNO5. The average Bonchev–Trinajstić information content (AvgIpc) is 2.72. The molecule has 1 aliphatic heterocycles.